The third-order valence-electron chi connectivity index (χ3n) is 4.68. The van der Waals surface area contributed by atoms with Crippen molar-refractivity contribution in [2.45, 2.75) is 39.8 Å². The van der Waals surface area contributed by atoms with Crippen molar-refractivity contribution in [3.8, 4) is 5.75 Å². The van der Waals surface area contributed by atoms with Gasteiger partial charge in [0.25, 0.3) is 5.91 Å². The SMILES string of the molecule is CCOC(=O)c1c(NC(=O)c2ccc(OC(C)C)cc2)sc2c1CCN(C(=O)OC)C2. The number of carbonyl (C=O) groups excluding carboxylic acids is 3. The summed E-state index contributed by atoms with van der Waals surface area (Å²) in [7, 11) is 1.33. The number of ether oxygens (including phenoxy) is 3. The van der Waals surface area contributed by atoms with Gasteiger partial charge in [0.1, 0.15) is 10.8 Å². The van der Waals surface area contributed by atoms with Crippen LogP contribution >= 0.6 is 11.3 Å². The number of rotatable bonds is 6. The van der Waals surface area contributed by atoms with Gasteiger partial charge in [-0.1, -0.05) is 0 Å². The Bertz CT molecular complexity index is 967. The van der Waals surface area contributed by atoms with E-state index in [1.165, 1.54) is 18.4 Å². The van der Waals surface area contributed by atoms with Crippen LogP contribution in [-0.2, 0) is 22.4 Å². The van der Waals surface area contributed by atoms with Gasteiger partial charge in [0.05, 0.1) is 31.9 Å². The Balaban J connectivity index is 1.86. The van der Waals surface area contributed by atoms with Crippen LogP contribution in [0.5, 0.6) is 5.75 Å². The van der Waals surface area contributed by atoms with Gasteiger partial charge in [-0.2, -0.15) is 0 Å². The summed E-state index contributed by atoms with van der Waals surface area (Å²) in [6, 6.07) is 6.80. The minimum atomic E-state index is -0.484. The fourth-order valence-electron chi connectivity index (χ4n) is 3.33. The van der Waals surface area contributed by atoms with Crippen molar-refractivity contribution in [1.82, 2.24) is 4.90 Å². The first-order valence-electron chi connectivity index (χ1n) is 10.1. The summed E-state index contributed by atoms with van der Waals surface area (Å²) >= 11 is 1.28. The second-order valence-corrected chi connectivity index (χ2v) is 8.32. The molecule has 9 heteroatoms. The van der Waals surface area contributed by atoms with Crippen molar-refractivity contribution in [3.63, 3.8) is 0 Å². The van der Waals surface area contributed by atoms with E-state index in [1.54, 1.807) is 36.1 Å². The van der Waals surface area contributed by atoms with Gasteiger partial charge in [-0.25, -0.2) is 9.59 Å². The number of amides is 2. The molecule has 0 radical (unpaired) electrons. The predicted octanol–water partition coefficient (Wildman–Crippen LogP) is 4.09. The number of hydrogen-bond acceptors (Lipinski definition) is 7. The molecule has 0 saturated carbocycles. The van der Waals surface area contributed by atoms with Crippen molar-refractivity contribution in [2.75, 3.05) is 25.6 Å². The molecule has 1 N–H and O–H groups in total. The van der Waals surface area contributed by atoms with Crippen molar-refractivity contribution < 1.29 is 28.6 Å². The number of hydrogen-bond donors (Lipinski definition) is 1. The summed E-state index contributed by atoms with van der Waals surface area (Å²) in [5, 5.41) is 3.26. The highest BCUT2D eigenvalue weighted by molar-refractivity contribution is 7.17. The maximum absolute atomic E-state index is 12.8. The first-order valence-corrected chi connectivity index (χ1v) is 10.9. The van der Waals surface area contributed by atoms with Gasteiger partial charge in [-0.05, 0) is 57.0 Å². The van der Waals surface area contributed by atoms with Crippen LogP contribution in [0.1, 0.15) is 51.9 Å². The lowest BCUT2D eigenvalue weighted by Gasteiger charge is -2.25. The Morgan fingerprint density at radius 2 is 1.90 bits per heavy atom. The van der Waals surface area contributed by atoms with Crippen LogP contribution in [0.2, 0.25) is 0 Å². The van der Waals surface area contributed by atoms with Gasteiger partial charge in [0.15, 0.2) is 0 Å². The van der Waals surface area contributed by atoms with Crippen LogP contribution in [0.15, 0.2) is 24.3 Å². The van der Waals surface area contributed by atoms with E-state index in [0.717, 1.165) is 10.4 Å². The van der Waals surface area contributed by atoms with E-state index >= 15 is 0 Å². The Kier molecular flexibility index (Phi) is 7.17. The van der Waals surface area contributed by atoms with Gasteiger partial charge in [-0.15, -0.1) is 11.3 Å². The highest BCUT2D eigenvalue weighted by Gasteiger charge is 2.31. The lowest BCUT2D eigenvalue weighted by Crippen LogP contribution is -2.35. The molecule has 0 atom stereocenters. The van der Waals surface area contributed by atoms with Gasteiger partial charge < -0.3 is 24.4 Å². The molecule has 3 rings (SSSR count). The summed E-state index contributed by atoms with van der Waals surface area (Å²) in [4.78, 5) is 39.8. The minimum Gasteiger partial charge on any atom is -0.491 e. The normalized spacial score (nSPS) is 12.9. The van der Waals surface area contributed by atoms with Crippen LogP contribution in [0, 0.1) is 0 Å². The summed E-state index contributed by atoms with van der Waals surface area (Å²) in [5.74, 6) is -0.152. The van der Waals surface area contributed by atoms with E-state index < -0.39 is 12.1 Å². The zero-order valence-electron chi connectivity index (χ0n) is 18.0. The molecule has 0 unspecified atom stereocenters. The fraction of sp³-hybridized carbons (Fsp3) is 0.409. The van der Waals surface area contributed by atoms with E-state index in [0.29, 0.717) is 41.4 Å². The molecular weight excluding hydrogens is 420 g/mol. The largest absolute Gasteiger partial charge is 0.491 e. The first-order chi connectivity index (χ1) is 14.8. The molecule has 2 amide bonds. The number of carbonyl (C=O) groups is 3. The second kappa shape index (κ2) is 9.82. The topological polar surface area (TPSA) is 94.2 Å². The lowest BCUT2D eigenvalue weighted by atomic mass is 10.0. The zero-order valence-corrected chi connectivity index (χ0v) is 18.8. The molecule has 8 nitrogen and oxygen atoms in total. The molecule has 1 aliphatic heterocycles. The van der Waals surface area contributed by atoms with Crippen LogP contribution in [0.25, 0.3) is 0 Å². The van der Waals surface area contributed by atoms with Crippen LogP contribution in [-0.4, -0.2) is 49.2 Å². The lowest BCUT2D eigenvalue weighted by molar-refractivity contribution is 0.0526. The van der Waals surface area contributed by atoms with Gasteiger partial charge in [0, 0.05) is 17.0 Å². The molecule has 0 bridgehead atoms. The van der Waals surface area contributed by atoms with Gasteiger partial charge in [-0.3, -0.25) is 4.79 Å². The Hall–Kier alpha value is -3.07. The summed E-state index contributed by atoms with van der Waals surface area (Å²) in [6.45, 7) is 6.55. The molecule has 0 aliphatic carbocycles. The maximum Gasteiger partial charge on any atom is 0.409 e. The first kappa shape index (κ1) is 22.6. The van der Waals surface area contributed by atoms with E-state index in [1.807, 2.05) is 13.8 Å². The molecule has 2 aromatic rings. The van der Waals surface area contributed by atoms with E-state index in [4.69, 9.17) is 14.2 Å². The van der Waals surface area contributed by atoms with Gasteiger partial charge >= 0.3 is 12.1 Å². The average Bonchev–Trinajstić information content (AvgIpc) is 3.10. The molecule has 1 aliphatic rings. The van der Waals surface area contributed by atoms with E-state index in [9.17, 15) is 14.4 Å². The smallest absolute Gasteiger partial charge is 0.409 e. The van der Waals surface area contributed by atoms with Crippen LogP contribution in [0.4, 0.5) is 9.80 Å². The third-order valence-corrected chi connectivity index (χ3v) is 5.82. The molecule has 31 heavy (non-hydrogen) atoms. The van der Waals surface area contributed by atoms with Crippen molar-refractivity contribution in [2.24, 2.45) is 0 Å². The standard InChI is InChI=1S/C22H26N2O6S/c1-5-29-21(26)18-16-10-11-24(22(27)28-4)12-17(16)31-20(18)23-19(25)14-6-8-15(9-7-14)30-13(2)3/h6-9,13H,5,10-12H2,1-4H3,(H,23,25). The highest BCUT2D eigenvalue weighted by Crippen LogP contribution is 2.38. The predicted molar refractivity (Wildman–Crippen MR) is 117 cm³/mol. The van der Waals surface area contributed by atoms with Crippen LogP contribution < -0.4 is 10.1 Å². The van der Waals surface area contributed by atoms with E-state index in [2.05, 4.69) is 5.32 Å². The zero-order chi connectivity index (χ0) is 22.5. The number of benzene rings is 1. The molecular formula is C22H26N2O6S. The summed E-state index contributed by atoms with van der Waals surface area (Å²) in [5.41, 5.74) is 1.60. The van der Waals surface area contributed by atoms with Crippen molar-refractivity contribution in [3.05, 3.63) is 45.8 Å². The number of nitrogens with zero attached hydrogens (tertiary/aromatic N) is 1. The van der Waals surface area contributed by atoms with Crippen molar-refractivity contribution in [1.29, 1.82) is 0 Å². The quantitative estimate of drug-likeness (QED) is 0.672. The van der Waals surface area contributed by atoms with E-state index in [-0.39, 0.29) is 18.6 Å². The number of thiophene rings is 1. The number of anilines is 1. The molecule has 0 fully saturated rings. The number of esters is 1. The third kappa shape index (κ3) is 5.16. The van der Waals surface area contributed by atoms with Gasteiger partial charge in [0.2, 0.25) is 0 Å². The number of nitrogens with one attached hydrogen (secondary N) is 1. The molecule has 166 valence electrons. The maximum atomic E-state index is 12.8. The molecule has 1 aromatic carbocycles. The number of fused-ring (bicyclic) bond motifs is 1. The molecule has 2 heterocycles. The Morgan fingerprint density at radius 3 is 2.52 bits per heavy atom. The monoisotopic (exact) mass is 446 g/mol. The molecule has 0 saturated heterocycles. The molecule has 1 aromatic heterocycles. The molecule has 0 spiro atoms. The number of methoxy groups -OCH3 is 1. The Morgan fingerprint density at radius 1 is 1.19 bits per heavy atom. The summed E-state index contributed by atoms with van der Waals surface area (Å²) < 4.78 is 15.6. The highest BCUT2D eigenvalue weighted by atomic mass is 32.1. The Labute approximate surface area is 185 Å². The fourth-order valence-corrected chi connectivity index (χ4v) is 4.57. The van der Waals surface area contributed by atoms with Crippen LogP contribution in [0.3, 0.4) is 0 Å². The average molecular weight is 447 g/mol. The summed E-state index contributed by atoms with van der Waals surface area (Å²) in [6.07, 6.45) is 0.0893. The minimum absolute atomic E-state index is 0.0359. The van der Waals surface area contributed by atoms with Crippen molar-refractivity contribution >= 4 is 34.3 Å². The second-order valence-electron chi connectivity index (χ2n) is 7.22.